The van der Waals surface area contributed by atoms with Crippen molar-refractivity contribution in [2.75, 3.05) is 11.9 Å². The Balaban J connectivity index is 2.68. The number of rotatable bonds is 6. The number of carbonyl (C=O) groups is 1. The molecule has 0 aliphatic carbocycles. The molecule has 0 saturated carbocycles. The SMILES string of the molecule is CCCCCNc1cc(Br)ccc1C(=O)O. The minimum absolute atomic E-state index is 0.319. The van der Waals surface area contributed by atoms with Crippen molar-refractivity contribution in [1.29, 1.82) is 0 Å². The van der Waals surface area contributed by atoms with Gasteiger partial charge in [0.2, 0.25) is 0 Å². The summed E-state index contributed by atoms with van der Waals surface area (Å²) < 4.78 is 0.885. The van der Waals surface area contributed by atoms with Crippen LogP contribution in [-0.4, -0.2) is 17.6 Å². The van der Waals surface area contributed by atoms with E-state index in [4.69, 9.17) is 5.11 Å². The number of halogens is 1. The predicted octanol–water partition coefficient (Wildman–Crippen LogP) is 3.75. The van der Waals surface area contributed by atoms with E-state index < -0.39 is 5.97 Å². The van der Waals surface area contributed by atoms with E-state index in [0.717, 1.165) is 30.3 Å². The summed E-state index contributed by atoms with van der Waals surface area (Å²) in [7, 11) is 0. The highest BCUT2D eigenvalue weighted by molar-refractivity contribution is 9.10. The lowest BCUT2D eigenvalue weighted by atomic mass is 10.1. The summed E-state index contributed by atoms with van der Waals surface area (Å²) in [6.07, 6.45) is 3.37. The van der Waals surface area contributed by atoms with E-state index in [2.05, 4.69) is 28.2 Å². The fourth-order valence-corrected chi connectivity index (χ4v) is 1.81. The number of aromatic carboxylic acids is 1. The molecule has 1 rings (SSSR count). The van der Waals surface area contributed by atoms with Crippen LogP contribution in [0.25, 0.3) is 0 Å². The second-order valence-corrected chi connectivity index (χ2v) is 4.54. The van der Waals surface area contributed by atoms with Gasteiger partial charge in [-0.3, -0.25) is 0 Å². The number of hydrogen-bond donors (Lipinski definition) is 2. The maximum atomic E-state index is 11.0. The highest BCUT2D eigenvalue weighted by Gasteiger charge is 2.09. The van der Waals surface area contributed by atoms with Crippen LogP contribution >= 0.6 is 15.9 Å². The minimum atomic E-state index is -0.898. The zero-order valence-corrected chi connectivity index (χ0v) is 10.9. The Morgan fingerprint density at radius 2 is 2.19 bits per heavy atom. The first kappa shape index (κ1) is 13.0. The Morgan fingerprint density at radius 1 is 1.44 bits per heavy atom. The summed E-state index contributed by atoms with van der Waals surface area (Å²) >= 11 is 3.34. The molecule has 0 radical (unpaired) electrons. The third-order valence-corrected chi connectivity index (χ3v) is 2.80. The highest BCUT2D eigenvalue weighted by atomic mass is 79.9. The molecule has 16 heavy (non-hydrogen) atoms. The molecule has 0 unspecified atom stereocenters. The normalized spacial score (nSPS) is 10.1. The first-order chi connectivity index (χ1) is 7.65. The van der Waals surface area contributed by atoms with Gasteiger partial charge in [-0.05, 0) is 24.6 Å². The molecule has 0 aromatic heterocycles. The van der Waals surface area contributed by atoms with Crippen LogP contribution in [0, 0.1) is 0 Å². The molecular formula is C12H16BrNO2. The largest absolute Gasteiger partial charge is 0.478 e. The zero-order valence-electron chi connectivity index (χ0n) is 9.29. The summed E-state index contributed by atoms with van der Waals surface area (Å²) in [6.45, 7) is 2.95. The lowest BCUT2D eigenvalue weighted by Crippen LogP contribution is -2.07. The molecular weight excluding hydrogens is 270 g/mol. The van der Waals surface area contributed by atoms with Gasteiger partial charge in [0.05, 0.1) is 5.56 Å². The second-order valence-electron chi connectivity index (χ2n) is 3.63. The molecule has 0 aliphatic rings. The number of anilines is 1. The fourth-order valence-electron chi connectivity index (χ4n) is 1.45. The van der Waals surface area contributed by atoms with E-state index in [1.165, 1.54) is 0 Å². The summed E-state index contributed by atoms with van der Waals surface area (Å²) in [6, 6.07) is 5.14. The third kappa shape index (κ3) is 3.85. The van der Waals surface area contributed by atoms with Gasteiger partial charge in [-0.1, -0.05) is 35.7 Å². The van der Waals surface area contributed by atoms with Crippen molar-refractivity contribution in [2.45, 2.75) is 26.2 Å². The fraction of sp³-hybridized carbons (Fsp3) is 0.417. The topological polar surface area (TPSA) is 49.3 Å². The maximum absolute atomic E-state index is 11.0. The average Bonchev–Trinajstić information content (AvgIpc) is 2.24. The molecule has 0 aliphatic heterocycles. The highest BCUT2D eigenvalue weighted by Crippen LogP contribution is 2.21. The molecule has 0 bridgehead atoms. The van der Waals surface area contributed by atoms with Gasteiger partial charge in [-0.2, -0.15) is 0 Å². The van der Waals surface area contributed by atoms with Crippen molar-refractivity contribution < 1.29 is 9.90 Å². The number of carboxylic acid groups (broad SMARTS) is 1. The van der Waals surface area contributed by atoms with Crippen LogP contribution in [0.3, 0.4) is 0 Å². The van der Waals surface area contributed by atoms with Crippen LogP contribution in [0.2, 0.25) is 0 Å². The quantitative estimate of drug-likeness (QED) is 0.783. The third-order valence-electron chi connectivity index (χ3n) is 2.31. The van der Waals surface area contributed by atoms with E-state index in [-0.39, 0.29) is 0 Å². The predicted molar refractivity (Wildman–Crippen MR) is 69.1 cm³/mol. The standard InChI is InChI=1S/C12H16BrNO2/c1-2-3-4-7-14-11-8-9(13)5-6-10(11)12(15)16/h5-6,8,14H,2-4,7H2,1H3,(H,15,16). The van der Waals surface area contributed by atoms with Crippen molar-refractivity contribution in [3.63, 3.8) is 0 Å². The van der Waals surface area contributed by atoms with E-state index in [1.54, 1.807) is 18.2 Å². The van der Waals surface area contributed by atoms with Gasteiger partial charge in [-0.25, -0.2) is 4.79 Å². The molecule has 0 fully saturated rings. The second kappa shape index (κ2) is 6.53. The van der Waals surface area contributed by atoms with Crippen molar-refractivity contribution in [3.05, 3.63) is 28.2 Å². The summed E-state index contributed by atoms with van der Waals surface area (Å²) in [5.74, 6) is -0.898. The maximum Gasteiger partial charge on any atom is 0.337 e. The molecule has 0 spiro atoms. The van der Waals surface area contributed by atoms with Crippen molar-refractivity contribution in [1.82, 2.24) is 0 Å². The molecule has 1 aromatic carbocycles. The van der Waals surface area contributed by atoms with Crippen LogP contribution in [0.4, 0.5) is 5.69 Å². The summed E-state index contributed by atoms with van der Waals surface area (Å²) in [5, 5.41) is 12.2. The Labute approximate surface area is 104 Å². The first-order valence-corrected chi connectivity index (χ1v) is 6.21. The smallest absolute Gasteiger partial charge is 0.337 e. The average molecular weight is 286 g/mol. The van der Waals surface area contributed by atoms with Gasteiger partial charge in [-0.15, -0.1) is 0 Å². The Kier molecular flexibility index (Phi) is 5.32. The number of carboxylic acids is 1. The van der Waals surface area contributed by atoms with Crippen molar-refractivity contribution >= 4 is 27.6 Å². The van der Waals surface area contributed by atoms with Crippen molar-refractivity contribution in [2.24, 2.45) is 0 Å². The molecule has 3 nitrogen and oxygen atoms in total. The van der Waals surface area contributed by atoms with Gasteiger partial charge in [0, 0.05) is 16.7 Å². The van der Waals surface area contributed by atoms with Gasteiger partial charge in [0.25, 0.3) is 0 Å². The number of nitrogens with one attached hydrogen (secondary N) is 1. The van der Waals surface area contributed by atoms with E-state index in [1.807, 2.05) is 0 Å². The molecule has 4 heteroatoms. The number of unbranched alkanes of at least 4 members (excludes halogenated alkanes) is 2. The van der Waals surface area contributed by atoms with E-state index >= 15 is 0 Å². The molecule has 1 aromatic rings. The van der Waals surface area contributed by atoms with Crippen molar-refractivity contribution in [3.8, 4) is 0 Å². The van der Waals surface area contributed by atoms with E-state index in [0.29, 0.717) is 11.3 Å². The Hall–Kier alpha value is -1.03. The lowest BCUT2D eigenvalue weighted by Gasteiger charge is -2.09. The molecule has 0 saturated heterocycles. The van der Waals surface area contributed by atoms with Crippen LogP contribution in [0.15, 0.2) is 22.7 Å². The molecule has 0 amide bonds. The van der Waals surface area contributed by atoms with Gasteiger partial charge in [0.15, 0.2) is 0 Å². The van der Waals surface area contributed by atoms with Crippen LogP contribution in [-0.2, 0) is 0 Å². The van der Waals surface area contributed by atoms with E-state index in [9.17, 15) is 4.79 Å². The zero-order chi connectivity index (χ0) is 12.0. The van der Waals surface area contributed by atoms with Gasteiger partial charge >= 0.3 is 5.97 Å². The molecule has 0 heterocycles. The van der Waals surface area contributed by atoms with Crippen LogP contribution in [0.1, 0.15) is 36.5 Å². The molecule has 0 atom stereocenters. The number of benzene rings is 1. The molecule has 88 valence electrons. The summed E-state index contributed by atoms with van der Waals surface area (Å²) in [4.78, 5) is 11.0. The van der Waals surface area contributed by atoms with Crippen LogP contribution in [0.5, 0.6) is 0 Å². The Bertz CT molecular complexity index is 366. The van der Waals surface area contributed by atoms with Gasteiger partial charge in [0.1, 0.15) is 0 Å². The monoisotopic (exact) mass is 285 g/mol. The lowest BCUT2D eigenvalue weighted by molar-refractivity contribution is 0.0698. The van der Waals surface area contributed by atoms with Gasteiger partial charge < -0.3 is 10.4 Å². The molecule has 2 N–H and O–H groups in total. The first-order valence-electron chi connectivity index (χ1n) is 5.42. The Morgan fingerprint density at radius 3 is 2.81 bits per heavy atom. The number of hydrogen-bond acceptors (Lipinski definition) is 2. The van der Waals surface area contributed by atoms with Crippen LogP contribution < -0.4 is 5.32 Å². The summed E-state index contributed by atoms with van der Waals surface area (Å²) in [5.41, 5.74) is 0.998. The minimum Gasteiger partial charge on any atom is -0.478 e.